The third-order valence-electron chi connectivity index (χ3n) is 5.55. The van der Waals surface area contributed by atoms with Gasteiger partial charge in [0.1, 0.15) is 0 Å². The minimum atomic E-state index is -0.227. The second-order valence-corrected chi connectivity index (χ2v) is 7.50. The zero-order valence-electron chi connectivity index (χ0n) is 15.9. The summed E-state index contributed by atoms with van der Waals surface area (Å²) in [6.07, 6.45) is 0.698. The predicted octanol–water partition coefficient (Wildman–Crippen LogP) is 4.43. The lowest BCUT2D eigenvalue weighted by molar-refractivity contribution is -0.132. The summed E-state index contributed by atoms with van der Waals surface area (Å²) in [4.78, 5) is 18.8. The van der Waals surface area contributed by atoms with E-state index in [1.54, 1.807) is 4.90 Å². The van der Waals surface area contributed by atoms with Gasteiger partial charge in [0.05, 0.1) is 23.9 Å². The second-order valence-electron chi connectivity index (χ2n) is 7.50. The number of carbonyl (C=O) groups excluding carboxylic acids is 1. The molecule has 2 aromatic carbocycles. The molecule has 0 radical (unpaired) electrons. The Bertz CT molecular complexity index is 1190. The first-order valence-electron chi connectivity index (χ1n) is 9.48. The SMILES string of the molecule is Cc1cc(CN(C)C(=O)C2Cc3ccccc3-c3[nH]c4ccccc4c32)on1. The van der Waals surface area contributed by atoms with Crippen molar-refractivity contribution in [2.75, 3.05) is 7.05 Å². The summed E-state index contributed by atoms with van der Waals surface area (Å²) in [5, 5.41) is 5.04. The molecular formula is C23H21N3O2. The topological polar surface area (TPSA) is 62.1 Å². The molecule has 5 nitrogen and oxygen atoms in total. The van der Waals surface area contributed by atoms with Crippen molar-refractivity contribution >= 4 is 16.8 Å². The molecule has 0 aliphatic heterocycles. The van der Waals surface area contributed by atoms with Gasteiger partial charge in [0.15, 0.2) is 5.76 Å². The van der Waals surface area contributed by atoms with Gasteiger partial charge >= 0.3 is 0 Å². The number of likely N-dealkylation sites (N-methyl/N-ethyl adjacent to an activating group) is 1. The summed E-state index contributed by atoms with van der Waals surface area (Å²) in [5.74, 6) is 0.563. The quantitative estimate of drug-likeness (QED) is 0.579. The van der Waals surface area contributed by atoms with Crippen LogP contribution in [0.2, 0.25) is 0 Å². The molecule has 0 bridgehead atoms. The van der Waals surface area contributed by atoms with Crippen molar-refractivity contribution in [1.29, 1.82) is 0 Å². The van der Waals surface area contributed by atoms with E-state index in [2.05, 4.69) is 40.5 Å². The van der Waals surface area contributed by atoms with Gasteiger partial charge in [-0.05, 0) is 30.5 Å². The number of aryl methyl sites for hydroxylation is 1. The van der Waals surface area contributed by atoms with Crippen LogP contribution in [0.1, 0.15) is 28.5 Å². The Kier molecular flexibility index (Phi) is 3.83. The molecule has 1 aliphatic rings. The van der Waals surface area contributed by atoms with Gasteiger partial charge in [-0.25, -0.2) is 0 Å². The highest BCUT2D eigenvalue weighted by Gasteiger charge is 2.34. The molecule has 1 atom stereocenters. The van der Waals surface area contributed by atoms with E-state index in [0.717, 1.165) is 27.9 Å². The maximum absolute atomic E-state index is 13.5. The van der Waals surface area contributed by atoms with E-state index < -0.39 is 0 Å². The number of nitrogens with one attached hydrogen (secondary N) is 1. The molecule has 4 aromatic rings. The van der Waals surface area contributed by atoms with Crippen molar-refractivity contribution in [1.82, 2.24) is 15.0 Å². The number of nitrogens with zero attached hydrogens (tertiary/aromatic N) is 2. The Morgan fingerprint density at radius 3 is 2.82 bits per heavy atom. The van der Waals surface area contributed by atoms with Crippen LogP contribution in [0.5, 0.6) is 0 Å². The van der Waals surface area contributed by atoms with Crippen LogP contribution in [-0.2, 0) is 17.8 Å². The highest BCUT2D eigenvalue weighted by molar-refractivity contribution is 5.99. The van der Waals surface area contributed by atoms with Crippen LogP contribution < -0.4 is 0 Å². The molecule has 1 aliphatic carbocycles. The fourth-order valence-electron chi connectivity index (χ4n) is 4.28. The number of hydrogen-bond donors (Lipinski definition) is 1. The van der Waals surface area contributed by atoms with Gasteiger partial charge in [-0.15, -0.1) is 0 Å². The van der Waals surface area contributed by atoms with Gasteiger partial charge in [0.25, 0.3) is 0 Å². The first-order valence-corrected chi connectivity index (χ1v) is 9.48. The van der Waals surface area contributed by atoms with E-state index in [1.165, 1.54) is 11.1 Å². The van der Waals surface area contributed by atoms with Gasteiger partial charge in [-0.3, -0.25) is 4.79 Å². The van der Waals surface area contributed by atoms with Crippen molar-refractivity contribution < 1.29 is 9.32 Å². The van der Waals surface area contributed by atoms with Crippen LogP contribution in [0.15, 0.2) is 59.1 Å². The molecule has 1 unspecified atom stereocenters. The number of H-pyrrole nitrogens is 1. The van der Waals surface area contributed by atoms with Crippen molar-refractivity contribution in [2.24, 2.45) is 0 Å². The third kappa shape index (κ3) is 2.62. The van der Waals surface area contributed by atoms with Crippen LogP contribution in [0.3, 0.4) is 0 Å². The van der Waals surface area contributed by atoms with E-state index in [0.29, 0.717) is 18.7 Å². The molecule has 1 N–H and O–H groups in total. The van der Waals surface area contributed by atoms with Crippen molar-refractivity contribution in [3.8, 4) is 11.3 Å². The summed E-state index contributed by atoms with van der Waals surface area (Å²) < 4.78 is 5.30. The summed E-state index contributed by atoms with van der Waals surface area (Å²) in [5.41, 5.74) is 6.43. The predicted molar refractivity (Wildman–Crippen MR) is 108 cm³/mol. The number of benzene rings is 2. The Morgan fingerprint density at radius 2 is 2.00 bits per heavy atom. The minimum Gasteiger partial charge on any atom is -0.359 e. The van der Waals surface area contributed by atoms with Crippen LogP contribution in [0, 0.1) is 6.92 Å². The van der Waals surface area contributed by atoms with Crippen LogP contribution >= 0.6 is 0 Å². The molecule has 2 aromatic heterocycles. The first-order chi connectivity index (χ1) is 13.6. The summed E-state index contributed by atoms with van der Waals surface area (Å²) in [7, 11) is 1.83. The van der Waals surface area contributed by atoms with Crippen LogP contribution in [0.4, 0.5) is 0 Å². The molecule has 0 fully saturated rings. The molecule has 0 saturated carbocycles. The summed E-state index contributed by atoms with van der Waals surface area (Å²) in [6, 6.07) is 18.4. The maximum atomic E-state index is 13.5. The van der Waals surface area contributed by atoms with E-state index in [-0.39, 0.29) is 11.8 Å². The number of carbonyl (C=O) groups is 1. The third-order valence-corrected chi connectivity index (χ3v) is 5.55. The fourth-order valence-corrected chi connectivity index (χ4v) is 4.28. The van der Waals surface area contributed by atoms with Gasteiger partial charge in [0, 0.05) is 29.6 Å². The molecule has 5 heteroatoms. The van der Waals surface area contributed by atoms with E-state index in [1.807, 2.05) is 38.2 Å². The molecule has 5 rings (SSSR count). The molecular weight excluding hydrogens is 350 g/mol. The number of fused-ring (bicyclic) bond motifs is 5. The van der Waals surface area contributed by atoms with E-state index in [4.69, 9.17) is 4.52 Å². The lowest BCUT2D eigenvalue weighted by Crippen LogP contribution is -2.33. The van der Waals surface area contributed by atoms with Gasteiger partial charge < -0.3 is 14.4 Å². The second kappa shape index (κ2) is 6.37. The zero-order chi connectivity index (χ0) is 19.3. The van der Waals surface area contributed by atoms with Gasteiger partial charge in [-0.2, -0.15) is 0 Å². The normalized spacial score (nSPS) is 15.3. The monoisotopic (exact) mass is 371 g/mol. The van der Waals surface area contributed by atoms with Crippen molar-refractivity contribution in [3.05, 3.63) is 77.2 Å². The fraction of sp³-hybridized carbons (Fsp3) is 0.217. The maximum Gasteiger partial charge on any atom is 0.230 e. The molecule has 0 spiro atoms. The Balaban J connectivity index is 1.58. The summed E-state index contributed by atoms with van der Waals surface area (Å²) in [6.45, 7) is 2.29. The lowest BCUT2D eigenvalue weighted by atomic mass is 9.80. The van der Waals surface area contributed by atoms with Gasteiger partial charge in [-0.1, -0.05) is 47.6 Å². The molecule has 28 heavy (non-hydrogen) atoms. The molecule has 140 valence electrons. The standard InChI is InChI=1S/C23H21N3O2/c1-14-11-16(28-25-14)13-26(2)23(27)19-12-15-7-3-4-8-17(15)22-21(19)18-9-5-6-10-20(18)24-22/h3-11,19,24H,12-13H2,1-2H3. The smallest absolute Gasteiger partial charge is 0.230 e. The van der Waals surface area contributed by atoms with Crippen molar-refractivity contribution in [2.45, 2.75) is 25.8 Å². The number of hydrogen-bond acceptors (Lipinski definition) is 3. The first kappa shape index (κ1) is 16.8. The minimum absolute atomic E-state index is 0.0922. The largest absolute Gasteiger partial charge is 0.359 e. The van der Waals surface area contributed by atoms with Crippen LogP contribution in [0.25, 0.3) is 22.2 Å². The van der Waals surface area contributed by atoms with Gasteiger partial charge in [0.2, 0.25) is 5.91 Å². The number of para-hydroxylation sites is 1. The lowest BCUT2D eigenvalue weighted by Gasteiger charge is -2.28. The van der Waals surface area contributed by atoms with E-state index >= 15 is 0 Å². The Hall–Kier alpha value is -3.34. The van der Waals surface area contributed by atoms with E-state index in [9.17, 15) is 4.79 Å². The Morgan fingerprint density at radius 1 is 1.21 bits per heavy atom. The highest BCUT2D eigenvalue weighted by Crippen LogP contribution is 2.43. The Labute approximate surface area is 163 Å². The number of aromatic nitrogens is 2. The number of amides is 1. The average molecular weight is 371 g/mol. The molecule has 2 heterocycles. The molecule has 1 amide bonds. The zero-order valence-corrected chi connectivity index (χ0v) is 15.9. The summed E-state index contributed by atoms with van der Waals surface area (Å²) >= 11 is 0. The van der Waals surface area contributed by atoms with Crippen LogP contribution in [-0.4, -0.2) is 28.0 Å². The molecule has 0 saturated heterocycles. The average Bonchev–Trinajstić information content (AvgIpc) is 3.30. The number of aromatic amines is 1. The number of rotatable bonds is 3. The van der Waals surface area contributed by atoms with Crippen molar-refractivity contribution in [3.63, 3.8) is 0 Å². The highest BCUT2D eigenvalue weighted by atomic mass is 16.5.